The first-order valence-electron chi connectivity index (χ1n) is 9.77. The highest BCUT2D eigenvalue weighted by Gasteiger charge is 2.29. The van der Waals surface area contributed by atoms with Crippen LogP contribution in [0.5, 0.6) is 0 Å². The number of nitrogens with zero attached hydrogens (tertiary/aromatic N) is 3. The molecule has 0 saturated heterocycles. The van der Waals surface area contributed by atoms with Crippen molar-refractivity contribution >= 4 is 5.82 Å². The van der Waals surface area contributed by atoms with Crippen LogP contribution in [-0.2, 0) is 12.8 Å². The number of benzene rings is 1. The van der Waals surface area contributed by atoms with Gasteiger partial charge in [-0.3, -0.25) is 0 Å². The number of hydrogen-bond acceptors (Lipinski definition) is 5. The molecule has 0 bridgehead atoms. The molecule has 1 aliphatic heterocycles. The van der Waals surface area contributed by atoms with Crippen molar-refractivity contribution < 1.29 is 5.11 Å². The zero-order chi connectivity index (χ0) is 17.9. The van der Waals surface area contributed by atoms with E-state index in [1.807, 2.05) is 30.3 Å². The molecule has 2 aromatic rings. The van der Waals surface area contributed by atoms with Gasteiger partial charge < -0.3 is 15.3 Å². The minimum atomic E-state index is -0.441. The van der Waals surface area contributed by atoms with Gasteiger partial charge in [-0.15, -0.1) is 0 Å². The Morgan fingerprint density at radius 2 is 1.92 bits per heavy atom. The Labute approximate surface area is 155 Å². The van der Waals surface area contributed by atoms with Crippen LogP contribution >= 0.6 is 0 Å². The SMILES string of the molecule is CN(CC[C@H](O)c1ccccc1)c1nc(C2CC2)nc2c1CCNCC2. The molecule has 0 radical (unpaired) electrons. The second-order valence-electron chi connectivity index (χ2n) is 7.49. The largest absolute Gasteiger partial charge is 0.388 e. The smallest absolute Gasteiger partial charge is 0.135 e. The van der Waals surface area contributed by atoms with Crippen LogP contribution in [0.15, 0.2) is 30.3 Å². The van der Waals surface area contributed by atoms with Crippen molar-refractivity contribution in [3.63, 3.8) is 0 Å². The first kappa shape index (κ1) is 17.4. The monoisotopic (exact) mass is 352 g/mol. The maximum Gasteiger partial charge on any atom is 0.135 e. The lowest BCUT2D eigenvalue weighted by molar-refractivity contribution is 0.169. The van der Waals surface area contributed by atoms with Crippen molar-refractivity contribution in [2.24, 2.45) is 0 Å². The topological polar surface area (TPSA) is 61.3 Å². The van der Waals surface area contributed by atoms with Gasteiger partial charge in [0.15, 0.2) is 0 Å². The van der Waals surface area contributed by atoms with E-state index in [0.29, 0.717) is 12.3 Å². The van der Waals surface area contributed by atoms with Crippen molar-refractivity contribution in [1.29, 1.82) is 0 Å². The van der Waals surface area contributed by atoms with Crippen LogP contribution in [0, 0.1) is 0 Å². The van der Waals surface area contributed by atoms with Gasteiger partial charge >= 0.3 is 0 Å². The number of fused-ring (bicyclic) bond motifs is 1. The van der Waals surface area contributed by atoms with Gasteiger partial charge in [0, 0.05) is 38.0 Å². The molecule has 1 aromatic heterocycles. The number of aromatic nitrogens is 2. The van der Waals surface area contributed by atoms with Crippen LogP contribution in [-0.4, -0.2) is 41.8 Å². The Kier molecular flexibility index (Phi) is 5.18. The van der Waals surface area contributed by atoms with Crippen molar-refractivity contribution in [2.75, 3.05) is 31.6 Å². The van der Waals surface area contributed by atoms with Gasteiger partial charge in [-0.05, 0) is 37.8 Å². The van der Waals surface area contributed by atoms with Crippen LogP contribution in [0.4, 0.5) is 5.82 Å². The Hall–Kier alpha value is -1.98. The Bertz CT molecular complexity index is 745. The Balaban J connectivity index is 1.52. The summed E-state index contributed by atoms with van der Waals surface area (Å²) >= 11 is 0. The summed E-state index contributed by atoms with van der Waals surface area (Å²) in [7, 11) is 2.09. The van der Waals surface area contributed by atoms with E-state index in [2.05, 4.69) is 17.3 Å². The second kappa shape index (κ2) is 7.72. The van der Waals surface area contributed by atoms with Crippen molar-refractivity contribution in [1.82, 2.24) is 15.3 Å². The van der Waals surface area contributed by atoms with Gasteiger partial charge in [-0.25, -0.2) is 9.97 Å². The second-order valence-corrected chi connectivity index (χ2v) is 7.49. The van der Waals surface area contributed by atoms with E-state index in [1.54, 1.807) is 0 Å². The quantitative estimate of drug-likeness (QED) is 0.837. The normalized spacial score (nSPS) is 18.1. The van der Waals surface area contributed by atoms with E-state index in [9.17, 15) is 5.11 Å². The van der Waals surface area contributed by atoms with E-state index < -0.39 is 6.10 Å². The van der Waals surface area contributed by atoms with Crippen LogP contribution in [0.1, 0.15) is 53.9 Å². The van der Waals surface area contributed by atoms with Crippen molar-refractivity contribution in [3.05, 3.63) is 53.0 Å². The minimum Gasteiger partial charge on any atom is -0.388 e. The predicted molar refractivity (Wildman–Crippen MR) is 104 cm³/mol. The summed E-state index contributed by atoms with van der Waals surface area (Å²) in [6.07, 6.45) is 4.63. The average molecular weight is 352 g/mol. The highest BCUT2D eigenvalue weighted by Crippen LogP contribution is 2.39. The lowest BCUT2D eigenvalue weighted by atomic mass is 10.1. The fraction of sp³-hybridized carbons (Fsp3) is 0.524. The first-order chi connectivity index (χ1) is 12.7. The van der Waals surface area contributed by atoms with Crippen LogP contribution in [0.25, 0.3) is 0 Å². The molecule has 5 nitrogen and oxygen atoms in total. The number of nitrogens with one attached hydrogen (secondary N) is 1. The summed E-state index contributed by atoms with van der Waals surface area (Å²) < 4.78 is 0. The zero-order valence-electron chi connectivity index (χ0n) is 15.5. The van der Waals surface area contributed by atoms with Crippen molar-refractivity contribution in [3.8, 4) is 0 Å². The molecule has 138 valence electrons. The summed E-state index contributed by atoms with van der Waals surface area (Å²) in [4.78, 5) is 12.1. The lowest BCUT2D eigenvalue weighted by Gasteiger charge is -2.24. The standard InChI is InChI=1S/C21H28N4O/c1-25(14-11-19(26)15-5-3-2-4-6-15)21-17-9-12-22-13-10-18(17)23-20(24-21)16-7-8-16/h2-6,16,19,22,26H,7-14H2,1H3/t19-/m0/s1. The predicted octanol–water partition coefficient (Wildman–Crippen LogP) is 2.60. The van der Waals surface area contributed by atoms with Crippen molar-refractivity contribution in [2.45, 2.75) is 44.1 Å². The maximum absolute atomic E-state index is 10.5. The van der Waals surface area contributed by atoms with Gasteiger partial charge in [-0.1, -0.05) is 30.3 Å². The van der Waals surface area contributed by atoms with E-state index in [-0.39, 0.29) is 0 Å². The lowest BCUT2D eigenvalue weighted by Crippen LogP contribution is -2.25. The molecule has 2 N–H and O–H groups in total. The van der Waals surface area contributed by atoms with E-state index in [1.165, 1.54) is 24.1 Å². The molecular formula is C21H28N4O. The summed E-state index contributed by atoms with van der Waals surface area (Å²) in [6, 6.07) is 9.89. The number of aliphatic hydroxyl groups excluding tert-OH is 1. The molecule has 1 aromatic carbocycles. The van der Waals surface area contributed by atoms with Crippen LogP contribution in [0.2, 0.25) is 0 Å². The number of anilines is 1. The fourth-order valence-electron chi connectivity index (χ4n) is 3.65. The van der Waals surface area contributed by atoms with Gasteiger partial charge in [0.05, 0.1) is 11.8 Å². The Morgan fingerprint density at radius 1 is 1.15 bits per heavy atom. The Morgan fingerprint density at radius 3 is 2.69 bits per heavy atom. The van der Waals surface area contributed by atoms with E-state index in [0.717, 1.165) is 49.7 Å². The maximum atomic E-state index is 10.5. The van der Waals surface area contributed by atoms with Gasteiger partial charge in [-0.2, -0.15) is 0 Å². The third-order valence-corrected chi connectivity index (χ3v) is 5.40. The van der Waals surface area contributed by atoms with E-state index in [4.69, 9.17) is 9.97 Å². The molecule has 0 amide bonds. The number of aliphatic hydroxyl groups is 1. The molecule has 1 fully saturated rings. The van der Waals surface area contributed by atoms with Gasteiger partial charge in [0.25, 0.3) is 0 Å². The summed E-state index contributed by atoms with van der Waals surface area (Å²) in [5.74, 6) is 2.65. The highest BCUT2D eigenvalue weighted by atomic mass is 16.3. The highest BCUT2D eigenvalue weighted by molar-refractivity contribution is 5.50. The number of hydrogen-bond donors (Lipinski definition) is 2. The zero-order valence-corrected chi connectivity index (χ0v) is 15.5. The molecule has 26 heavy (non-hydrogen) atoms. The molecular weight excluding hydrogens is 324 g/mol. The minimum absolute atomic E-state index is 0.441. The van der Waals surface area contributed by atoms with E-state index >= 15 is 0 Å². The molecule has 2 aliphatic rings. The summed E-state index contributed by atoms with van der Waals surface area (Å²) in [6.45, 7) is 2.74. The van der Waals surface area contributed by atoms with Gasteiger partial charge in [0.1, 0.15) is 11.6 Å². The molecule has 5 heteroatoms. The molecule has 0 spiro atoms. The molecule has 1 aliphatic carbocycles. The molecule has 1 saturated carbocycles. The molecule has 1 atom stereocenters. The third kappa shape index (κ3) is 3.89. The molecule has 4 rings (SSSR count). The summed E-state index contributed by atoms with van der Waals surface area (Å²) in [5.41, 5.74) is 3.48. The van der Waals surface area contributed by atoms with Crippen LogP contribution in [0.3, 0.4) is 0 Å². The third-order valence-electron chi connectivity index (χ3n) is 5.40. The summed E-state index contributed by atoms with van der Waals surface area (Å²) in [5, 5.41) is 14.0. The van der Waals surface area contributed by atoms with Crippen LogP contribution < -0.4 is 10.2 Å². The molecule has 0 unspecified atom stereocenters. The molecule has 2 heterocycles. The van der Waals surface area contributed by atoms with Gasteiger partial charge in [0.2, 0.25) is 0 Å². The number of rotatable bonds is 6. The average Bonchev–Trinajstić information content (AvgIpc) is 3.52. The first-order valence-corrected chi connectivity index (χ1v) is 9.77. The fourth-order valence-corrected chi connectivity index (χ4v) is 3.65.